The summed E-state index contributed by atoms with van der Waals surface area (Å²) in [5.41, 5.74) is 5.04. The Labute approximate surface area is 226 Å². The Kier molecular flexibility index (Phi) is 5.54. The van der Waals surface area contributed by atoms with Crippen molar-refractivity contribution in [3.8, 4) is 17.0 Å². The number of likely N-dealkylation sites (tertiary alicyclic amines) is 1. The van der Waals surface area contributed by atoms with E-state index >= 15 is 0 Å². The van der Waals surface area contributed by atoms with Gasteiger partial charge in [-0.3, -0.25) is 9.89 Å². The predicted molar refractivity (Wildman–Crippen MR) is 151 cm³/mol. The number of nitrogens with one attached hydrogen (secondary N) is 2. The Morgan fingerprint density at radius 1 is 1.05 bits per heavy atom. The molecule has 2 aliphatic heterocycles. The first-order valence-electron chi connectivity index (χ1n) is 13.5. The van der Waals surface area contributed by atoms with Gasteiger partial charge >= 0.3 is 0 Å². The molecule has 2 N–H and O–H groups in total. The summed E-state index contributed by atoms with van der Waals surface area (Å²) in [5.74, 6) is 1.96. The van der Waals surface area contributed by atoms with Gasteiger partial charge < -0.3 is 19.5 Å². The summed E-state index contributed by atoms with van der Waals surface area (Å²) in [6, 6.07) is 14.2. The van der Waals surface area contributed by atoms with Gasteiger partial charge in [-0.25, -0.2) is 9.97 Å². The topological polar surface area (TPSA) is 103 Å². The highest BCUT2D eigenvalue weighted by atomic mass is 16.5. The molecule has 5 aromatic rings. The fourth-order valence-electron chi connectivity index (χ4n) is 6.14. The van der Waals surface area contributed by atoms with Crippen LogP contribution in [0.1, 0.15) is 38.4 Å². The molecule has 7 rings (SSSR count). The minimum Gasteiger partial charge on any atom is -0.486 e. The van der Waals surface area contributed by atoms with Gasteiger partial charge in [-0.05, 0) is 62.2 Å². The number of carbonyl (C=O) groups is 1. The van der Waals surface area contributed by atoms with Crippen molar-refractivity contribution in [2.75, 3.05) is 31.1 Å². The molecule has 9 heteroatoms. The largest absolute Gasteiger partial charge is 0.486 e. The Morgan fingerprint density at radius 3 is 2.67 bits per heavy atom. The van der Waals surface area contributed by atoms with Crippen molar-refractivity contribution < 1.29 is 9.53 Å². The van der Waals surface area contributed by atoms with Gasteiger partial charge in [0.15, 0.2) is 0 Å². The second-order valence-electron chi connectivity index (χ2n) is 10.9. The molecule has 6 heterocycles. The van der Waals surface area contributed by atoms with E-state index in [0.717, 1.165) is 89.3 Å². The third-order valence-corrected chi connectivity index (χ3v) is 8.45. The van der Waals surface area contributed by atoms with Crippen LogP contribution in [0.2, 0.25) is 0 Å². The zero-order valence-corrected chi connectivity index (χ0v) is 22.1. The lowest BCUT2D eigenvalue weighted by atomic mass is 9.72. The fourth-order valence-corrected chi connectivity index (χ4v) is 6.14. The molecule has 198 valence electrons. The third kappa shape index (κ3) is 4.18. The number of ether oxygens (including phenoxy) is 1. The maximum Gasteiger partial charge on any atom is 0.219 e. The fraction of sp³-hybridized carbons (Fsp3) is 0.333. The number of rotatable bonds is 5. The summed E-state index contributed by atoms with van der Waals surface area (Å²) in [4.78, 5) is 28.3. The van der Waals surface area contributed by atoms with Crippen LogP contribution in [0, 0.1) is 5.41 Å². The second-order valence-corrected chi connectivity index (χ2v) is 10.9. The first-order chi connectivity index (χ1) is 19.0. The first kappa shape index (κ1) is 23.7. The highest BCUT2D eigenvalue weighted by molar-refractivity contribution is 5.93. The van der Waals surface area contributed by atoms with Crippen molar-refractivity contribution in [1.82, 2.24) is 30.0 Å². The van der Waals surface area contributed by atoms with E-state index in [9.17, 15) is 4.79 Å². The van der Waals surface area contributed by atoms with Gasteiger partial charge in [0.2, 0.25) is 5.91 Å². The van der Waals surface area contributed by atoms with Crippen LogP contribution < -0.4 is 9.64 Å². The van der Waals surface area contributed by atoms with Crippen LogP contribution in [0.3, 0.4) is 0 Å². The minimum absolute atomic E-state index is 0.144. The molecule has 1 spiro atoms. The van der Waals surface area contributed by atoms with Gasteiger partial charge in [-0.1, -0.05) is 0 Å². The summed E-state index contributed by atoms with van der Waals surface area (Å²) in [6.45, 7) is 7.45. The van der Waals surface area contributed by atoms with Gasteiger partial charge in [-0.2, -0.15) is 5.10 Å². The molecule has 2 aliphatic rings. The van der Waals surface area contributed by atoms with Crippen LogP contribution in [0.5, 0.6) is 5.75 Å². The van der Waals surface area contributed by atoms with E-state index in [1.54, 1.807) is 13.1 Å². The Balaban J connectivity index is 1.06. The molecule has 9 nitrogen and oxygen atoms in total. The van der Waals surface area contributed by atoms with Gasteiger partial charge in [-0.15, -0.1) is 0 Å². The maximum absolute atomic E-state index is 11.7. The van der Waals surface area contributed by atoms with E-state index in [0.29, 0.717) is 5.41 Å². The average Bonchev–Trinajstić information content (AvgIpc) is 3.59. The molecular weight excluding hydrogens is 490 g/mol. The molecule has 0 saturated carbocycles. The van der Waals surface area contributed by atoms with Crippen LogP contribution in [0.15, 0.2) is 61.1 Å². The zero-order valence-electron chi connectivity index (χ0n) is 22.1. The maximum atomic E-state index is 11.7. The SMILES string of the molecule is CC(=O)N1CCC2(CC1)CN(c1ccc(-c3n[nH]c4ccc(OC(C)c5ccnc6[nH]ccc56)cc34)cn1)C2. The van der Waals surface area contributed by atoms with Crippen LogP contribution in [-0.4, -0.2) is 62.1 Å². The van der Waals surface area contributed by atoms with E-state index in [4.69, 9.17) is 9.72 Å². The number of aromatic amines is 2. The van der Waals surface area contributed by atoms with Gasteiger partial charge in [0.1, 0.15) is 29.0 Å². The summed E-state index contributed by atoms with van der Waals surface area (Å²) >= 11 is 0. The molecule has 2 fully saturated rings. The average molecular weight is 522 g/mol. The van der Waals surface area contributed by atoms with Crippen molar-refractivity contribution in [1.29, 1.82) is 0 Å². The first-order valence-corrected chi connectivity index (χ1v) is 13.5. The third-order valence-electron chi connectivity index (χ3n) is 8.45. The van der Waals surface area contributed by atoms with Crippen LogP contribution >= 0.6 is 0 Å². The number of aromatic nitrogens is 5. The number of anilines is 1. The van der Waals surface area contributed by atoms with Crippen LogP contribution in [-0.2, 0) is 4.79 Å². The van der Waals surface area contributed by atoms with E-state index in [2.05, 4.69) is 44.1 Å². The van der Waals surface area contributed by atoms with Crippen LogP contribution in [0.4, 0.5) is 5.82 Å². The number of carbonyl (C=O) groups excluding carboxylic acids is 1. The lowest BCUT2D eigenvalue weighted by Gasteiger charge is -2.54. The van der Waals surface area contributed by atoms with Gasteiger partial charge in [0, 0.05) is 79.0 Å². The molecule has 0 aliphatic carbocycles. The number of benzene rings is 1. The van der Waals surface area contributed by atoms with E-state index < -0.39 is 0 Å². The molecule has 0 radical (unpaired) electrons. The van der Waals surface area contributed by atoms with Crippen molar-refractivity contribution in [2.45, 2.75) is 32.8 Å². The Bertz CT molecular complexity index is 1660. The monoisotopic (exact) mass is 521 g/mol. The molecule has 2 saturated heterocycles. The van der Waals surface area contributed by atoms with Gasteiger partial charge in [0.25, 0.3) is 0 Å². The van der Waals surface area contributed by atoms with Gasteiger partial charge in [0.05, 0.1) is 5.52 Å². The summed E-state index contributed by atoms with van der Waals surface area (Å²) in [5, 5.41) is 9.80. The number of nitrogens with zero attached hydrogens (tertiary/aromatic N) is 5. The lowest BCUT2D eigenvalue weighted by molar-refractivity contribution is -0.131. The van der Waals surface area contributed by atoms with Crippen LogP contribution in [0.25, 0.3) is 33.2 Å². The molecule has 1 aromatic carbocycles. The molecule has 1 atom stereocenters. The molecule has 4 aromatic heterocycles. The summed E-state index contributed by atoms with van der Waals surface area (Å²) < 4.78 is 6.37. The second kappa shape index (κ2) is 9.11. The molecular formula is C30H31N7O2. The summed E-state index contributed by atoms with van der Waals surface area (Å²) in [7, 11) is 0. The van der Waals surface area contributed by atoms with Crippen molar-refractivity contribution in [3.05, 3.63) is 66.6 Å². The Morgan fingerprint density at radius 2 is 1.90 bits per heavy atom. The van der Waals surface area contributed by atoms with Crippen molar-refractivity contribution in [2.24, 2.45) is 5.41 Å². The van der Waals surface area contributed by atoms with E-state index in [1.807, 2.05) is 47.6 Å². The molecule has 0 bridgehead atoms. The zero-order chi connectivity index (χ0) is 26.6. The quantitative estimate of drug-likeness (QED) is 0.334. The smallest absolute Gasteiger partial charge is 0.219 e. The number of fused-ring (bicyclic) bond motifs is 2. The normalized spacial score (nSPS) is 17.5. The Hall–Kier alpha value is -4.40. The molecule has 1 unspecified atom stereocenters. The number of piperidine rings is 1. The highest BCUT2D eigenvalue weighted by Gasteiger charge is 2.45. The number of hydrogen-bond donors (Lipinski definition) is 2. The van der Waals surface area contributed by atoms with Crippen molar-refractivity contribution in [3.63, 3.8) is 0 Å². The van der Waals surface area contributed by atoms with E-state index in [-0.39, 0.29) is 12.0 Å². The van der Waals surface area contributed by atoms with Crippen molar-refractivity contribution >= 4 is 33.7 Å². The minimum atomic E-state index is -0.144. The number of amides is 1. The highest BCUT2D eigenvalue weighted by Crippen LogP contribution is 2.42. The lowest BCUT2D eigenvalue weighted by Crippen LogP contribution is -2.61. The standard InChI is InChI=1S/C30H31N7O2/c1-19(23-7-11-31-29-24(23)8-12-32-29)39-22-4-5-26-25(15-22)28(35-34-26)21-3-6-27(33-16-21)37-17-30(18-37)9-13-36(14-10-30)20(2)38/h3-8,11-12,15-16,19H,9-10,13-14,17-18H2,1-2H3,(H,31,32)(H,34,35). The van der Waals surface area contributed by atoms with E-state index in [1.165, 1.54) is 0 Å². The number of hydrogen-bond acceptors (Lipinski definition) is 6. The number of H-pyrrole nitrogens is 2. The molecule has 1 amide bonds. The number of pyridine rings is 2. The molecule has 39 heavy (non-hydrogen) atoms. The summed E-state index contributed by atoms with van der Waals surface area (Å²) in [6.07, 6.45) is 7.61. The predicted octanol–water partition coefficient (Wildman–Crippen LogP) is 5.09.